The number of rotatable bonds is 7. The van der Waals surface area contributed by atoms with Gasteiger partial charge in [-0.25, -0.2) is 0 Å². The highest BCUT2D eigenvalue weighted by molar-refractivity contribution is 6.03. The summed E-state index contributed by atoms with van der Waals surface area (Å²) in [6.45, 7) is 1.82. The van der Waals surface area contributed by atoms with Crippen LogP contribution in [0.1, 0.15) is 19.5 Å². The number of aliphatic imine (C=N–C) groups is 1. The number of nitrogens with zero attached hydrogens (tertiary/aromatic N) is 2. The molecule has 0 saturated carbocycles. The monoisotopic (exact) mass is 472 g/mol. The fourth-order valence-electron chi connectivity index (χ4n) is 3.34. The van der Waals surface area contributed by atoms with E-state index in [1.165, 1.54) is 12.1 Å². The zero-order chi connectivity index (χ0) is 24.9. The molecule has 0 atom stereocenters. The molecule has 0 unspecified atom stereocenters. The van der Waals surface area contributed by atoms with E-state index in [1.807, 2.05) is 6.07 Å². The minimum absolute atomic E-state index is 0.230. The highest BCUT2D eigenvalue weighted by Crippen LogP contribution is 2.34. The Kier molecular flexibility index (Phi) is 7.40. The number of esters is 1. The first kappa shape index (κ1) is 24.6. The standard InChI is InChI=1S/C24H23F3N4O3/c1-15(28)23(16(2)29-18-9-4-3-5-10-18)30-21(32)14-34-22(33)13-31-19-11-7-6-8-17(19)12-20(31)24(25,26)27/h3-12H,13-14,28H2,1-2H3,(H,30,32). The number of para-hydroxylation sites is 2. The lowest BCUT2D eigenvalue weighted by Crippen LogP contribution is -2.33. The summed E-state index contributed by atoms with van der Waals surface area (Å²) in [7, 11) is 0. The highest BCUT2D eigenvalue weighted by Gasteiger charge is 2.36. The molecule has 2 aromatic carbocycles. The number of carbonyl (C=O) groups is 2. The van der Waals surface area contributed by atoms with Gasteiger partial charge in [0.05, 0.1) is 17.1 Å². The number of amides is 1. The number of hydrogen-bond donors (Lipinski definition) is 2. The van der Waals surface area contributed by atoms with Crippen molar-refractivity contribution in [3.8, 4) is 0 Å². The van der Waals surface area contributed by atoms with Crippen LogP contribution < -0.4 is 11.1 Å². The number of hydrogen-bond acceptors (Lipinski definition) is 5. The SMILES string of the molecule is CC(=Nc1ccccc1)C(NC(=O)COC(=O)Cn1c(C(F)(F)F)cc2ccccc21)=C(C)N. The number of benzene rings is 2. The number of nitrogens with one attached hydrogen (secondary N) is 1. The average Bonchev–Trinajstić information content (AvgIpc) is 3.15. The van der Waals surface area contributed by atoms with E-state index in [0.717, 1.165) is 10.6 Å². The number of carbonyl (C=O) groups excluding carboxylic acids is 2. The maximum atomic E-state index is 13.4. The van der Waals surface area contributed by atoms with Gasteiger partial charge in [0.15, 0.2) is 6.61 Å². The predicted molar refractivity (Wildman–Crippen MR) is 122 cm³/mol. The predicted octanol–water partition coefficient (Wildman–Crippen LogP) is 4.30. The second-order valence-electron chi connectivity index (χ2n) is 7.47. The van der Waals surface area contributed by atoms with E-state index in [9.17, 15) is 22.8 Å². The minimum atomic E-state index is -4.66. The number of ether oxygens (including phenoxy) is 1. The summed E-state index contributed by atoms with van der Waals surface area (Å²) in [5.41, 5.74) is 6.73. The molecule has 7 nitrogen and oxygen atoms in total. The minimum Gasteiger partial charge on any atom is -0.454 e. The first-order chi connectivity index (χ1) is 16.1. The number of alkyl halides is 3. The van der Waals surface area contributed by atoms with Crippen LogP contribution >= 0.6 is 0 Å². The van der Waals surface area contributed by atoms with Crippen molar-refractivity contribution in [2.24, 2.45) is 10.7 Å². The van der Waals surface area contributed by atoms with E-state index in [0.29, 0.717) is 16.8 Å². The van der Waals surface area contributed by atoms with Crippen LogP contribution in [-0.2, 0) is 27.0 Å². The van der Waals surface area contributed by atoms with Crippen LogP contribution in [-0.4, -0.2) is 28.8 Å². The van der Waals surface area contributed by atoms with Gasteiger partial charge >= 0.3 is 12.1 Å². The molecule has 178 valence electrons. The molecule has 3 aromatic rings. The van der Waals surface area contributed by atoms with Crippen molar-refractivity contribution < 1.29 is 27.5 Å². The van der Waals surface area contributed by atoms with Gasteiger partial charge in [0.1, 0.15) is 12.2 Å². The number of allylic oxidation sites excluding steroid dienone is 2. The zero-order valence-corrected chi connectivity index (χ0v) is 18.5. The third-order valence-corrected chi connectivity index (χ3v) is 4.83. The van der Waals surface area contributed by atoms with Crippen molar-refractivity contribution >= 4 is 34.2 Å². The van der Waals surface area contributed by atoms with E-state index < -0.39 is 36.9 Å². The van der Waals surface area contributed by atoms with Crippen LogP contribution in [0.5, 0.6) is 0 Å². The largest absolute Gasteiger partial charge is 0.454 e. The lowest BCUT2D eigenvalue weighted by Gasteiger charge is -2.14. The van der Waals surface area contributed by atoms with E-state index >= 15 is 0 Å². The van der Waals surface area contributed by atoms with Crippen molar-refractivity contribution in [2.75, 3.05) is 6.61 Å². The first-order valence-electron chi connectivity index (χ1n) is 10.2. The van der Waals surface area contributed by atoms with Gasteiger partial charge < -0.3 is 20.4 Å². The molecule has 0 saturated heterocycles. The van der Waals surface area contributed by atoms with Gasteiger partial charge in [0.25, 0.3) is 5.91 Å². The fraction of sp³-hybridized carbons (Fsp3) is 0.208. The molecule has 3 N–H and O–H groups in total. The van der Waals surface area contributed by atoms with Gasteiger partial charge in [-0.05, 0) is 38.1 Å². The maximum absolute atomic E-state index is 13.4. The fourth-order valence-corrected chi connectivity index (χ4v) is 3.34. The summed E-state index contributed by atoms with van der Waals surface area (Å²) in [5.74, 6) is -1.70. The van der Waals surface area contributed by atoms with Crippen LogP contribution in [0.2, 0.25) is 0 Å². The summed E-state index contributed by atoms with van der Waals surface area (Å²) in [4.78, 5) is 29.0. The zero-order valence-electron chi connectivity index (χ0n) is 18.5. The lowest BCUT2D eigenvalue weighted by molar-refractivity contribution is -0.151. The number of halogens is 3. The van der Waals surface area contributed by atoms with Crippen molar-refractivity contribution in [3.05, 3.63) is 77.8 Å². The summed E-state index contributed by atoms with van der Waals surface area (Å²) in [6, 6.07) is 16.1. The molecule has 3 rings (SSSR count). The molecule has 10 heteroatoms. The molecule has 0 aliphatic heterocycles. The molecule has 0 fully saturated rings. The Morgan fingerprint density at radius 2 is 1.71 bits per heavy atom. The molecular formula is C24H23F3N4O3. The Balaban J connectivity index is 1.67. The molecule has 0 aliphatic carbocycles. The Labute approximate surface area is 193 Å². The molecule has 34 heavy (non-hydrogen) atoms. The Hall–Kier alpha value is -4.08. The Morgan fingerprint density at radius 3 is 2.35 bits per heavy atom. The van der Waals surface area contributed by atoms with Crippen LogP contribution in [0, 0.1) is 0 Å². The number of aromatic nitrogens is 1. The number of fused-ring (bicyclic) bond motifs is 1. The molecule has 1 amide bonds. The van der Waals surface area contributed by atoms with Gasteiger partial charge in [-0.15, -0.1) is 0 Å². The highest BCUT2D eigenvalue weighted by atomic mass is 19.4. The van der Waals surface area contributed by atoms with Crippen LogP contribution in [0.3, 0.4) is 0 Å². The van der Waals surface area contributed by atoms with Crippen LogP contribution in [0.4, 0.5) is 18.9 Å². The van der Waals surface area contributed by atoms with Crippen molar-refractivity contribution in [2.45, 2.75) is 26.6 Å². The molecule has 0 spiro atoms. The van der Waals surface area contributed by atoms with Gasteiger partial charge in [-0.2, -0.15) is 13.2 Å². The van der Waals surface area contributed by atoms with Gasteiger partial charge in [-0.3, -0.25) is 14.6 Å². The second kappa shape index (κ2) is 10.2. The molecule has 0 radical (unpaired) electrons. The van der Waals surface area contributed by atoms with Crippen molar-refractivity contribution in [1.29, 1.82) is 0 Å². The van der Waals surface area contributed by atoms with Crippen LogP contribution in [0.25, 0.3) is 10.9 Å². The van der Waals surface area contributed by atoms with E-state index in [-0.39, 0.29) is 16.9 Å². The van der Waals surface area contributed by atoms with Crippen molar-refractivity contribution in [1.82, 2.24) is 9.88 Å². The normalized spacial score (nSPS) is 12.9. The molecule has 0 bridgehead atoms. The molecule has 0 aliphatic rings. The average molecular weight is 472 g/mol. The first-order valence-corrected chi connectivity index (χ1v) is 10.2. The third kappa shape index (κ3) is 6.03. The van der Waals surface area contributed by atoms with Gasteiger partial charge in [-0.1, -0.05) is 36.4 Å². The molecular weight excluding hydrogens is 449 g/mol. The van der Waals surface area contributed by atoms with E-state index in [2.05, 4.69) is 10.3 Å². The van der Waals surface area contributed by atoms with Crippen molar-refractivity contribution in [3.63, 3.8) is 0 Å². The Bertz CT molecular complexity index is 1260. The lowest BCUT2D eigenvalue weighted by atomic mass is 10.2. The molecule has 1 heterocycles. The van der Waals surface area contributed by atoms with E-state index in [4.69, 9.17) is 10.5 Å². The summed E-state index contributed by atoms with van der Waals surface area (Å²) < 4.78 is 46.1. The summed E-state index contributed by atoms with van der Waals surface area (Å²) in [5, 5.41) is 2.87. The third-order valence-electron chi connectivity index (χ3n) is 4.83. The number of nitrogens with two attached hydrogens (primary N) is 1. The summed E-state index contributed by atoms with van der Waals surface area (Å²) >= 11 is 0. The Morgan fingerprint density at radius 1 is 1.06 bits per heavy atom. The van der Waals surface area contributed by atoms with Gasteiger partial charge in [0, 0.05) is 16.6 Å². The maximum Gasteiger partial charge on any atom is 0.431 e. The summed E-state index contributed by atoms with van der Waals surface area (Å²) in [6.07, 6.45) is -4.66. The topological polar surface area (TPSA) is 98.7 Å². The van der Waals surface area contributed by atoms with Gasteiger partial charge in [0.2, 0.25) is 0 Å². The van der Waals surface area contributed by atoms with E-state index in [1.54, 1.807) is 50.2 Å². The smallest absolute Gasteiger partial charge is 0.431 e. The quantitative estimate of drug-likeness (QED) is 0.396. The molecule has 1 aromatic heterocycles. The van der Waals surface area contributed by atoms with Crippen LogP contribution in [0.15, 0.2) is 77.1 Å². The second-order valence-corrected chi connectivity index (χ2v) is 7.47.